The van der Waals surface area contributed by atoms with Gasteiger partial charge in [-0.15, -0.1) is 0 Å². The molecule has 0 aliphatic carbocycles. The van der Waals surface area contributed by atoms with Crippen LogP contribution in [0.2, 0.25) is 0 Å². The zero-order chi connectivity index (χ0) is 15.9. The SMILES string of the molecule is CCN(c1ccccc1)c1nccc(NCc2ccccn2)n1. The molecule has 1 N–H and O–H groups in total. The van der Waals surface area contributed by atoms with Crippen molar-refractivity contribution in [1.29, 1.82) is 0 Å². The molecule has 116 valence electrons. The number of benzene rings is 1. The zero-order valence-corrected chi connectivity index (χ0v) is 13.1. The molecule has 0 amide bonds. The molecule has 0 aliphatic heterocycles. The molecule has 0 atom stereocenters. The third-order valence-electron chi connectivity index (χ3n) is 3.45. The summed E-state index contributed by atoms with van der Waals surface area (Å²) in [5.41, 5.74) is 2.06. The van der Waals surface area contributed by atoms with Gasteiger partial charge in [0.1, 0.15) is 5.82 Å². The molecule has 23 heavy (non-hydrogen) atoms. The Bertz CT molecular complexity index is 731. The summed E-state index contributed by atoms with van der Waals surface area (Å²) < 4.78 is 0. The number of nitrogens with zero attached hydrogens (tertiary/aromatic N) is 4. The molecule has 0 bridgehead atoms. The molecule has 2 heterocycles. The maximum Gasteiger partial charge on any atom is 0.231 e. The third-order valence-corrected chi connectivity index (χ3v) is 3.45. The van der Waals surface area contributed by atoms with Crippen molar-refractivity contribution >= 4 is 17.5 Å². The van der Waals surface area contributed by atoms with Gasteiger partial charge in [0.25, 0.3) is 0 Å². The Hall–Kier alpha value is -2.95. The van der Waals surface area contributed by atoms with E-state index in [-0.39, 0.29) is 0 Å². The van der Waals surface area contributed by atoms with E-state index in [2.05, 4.69) is 44.2 Å². The van der Waals surface area contributed by atoms with Crippen molar-refractivity contribution in [3.8, 4) is 0 Å². The minimum Gasteiger partial charge on any atom is -0.364 e. The number of nitrogens with one attached hydrogen (secondary N) is 1. The van der Waals surface area contributed by atoms with Gasteiger partial charge in [-0.2, -0.15) is 4.98 Å². The lowest BCUT2D eigenvalue weighted by Crippen LogP contribution is -2.19. The molecule has 0 saturated heterocycles. The molecule has 5 heteroatoms. The fraction of sp³-hybridized carbons (Fsp3) is 0.167. The van der Waals surface area contributed by atoms with Gasteiger partial charge < -0.3 is 10.2 Å². The molecule has 0 saturated carbocycles. The van der Waals surface area contributed by atoms with Crippen molar-refractivity contribution < 1.29 is 0 Å². The normalized spacial score (nSPS) is 10.3. The van der Waals surface area contributed by atoms with Crippen LogP contribution in [-0.4, -0.2) is 21.5 Å². The largest absolute Gasteiger partial charge is 0.364 e. The maximum atomic E-state index is 4.61. The Balaban J connectivity index is 1.76. The van der Waals surface area contributed by atoms with Gasteiger partial charge in [0.05, 0.1) is 12.2 Å². The molecule has 0 unspecified atom stereocenters. The number of para-hydroxylation sites is 1. The van der Waals surface area contributed by atoms with Gasteiger partial charge in [0.15, 0.2) is 0 Å². The number of aromatic nitrogens is 3. The van der Waals surface area contributed by atoms with Gasteiger partial charge in [0, 0.05) is 24.6 Å². The Morgan fingerprint density at radius 1 is 0.913 bits per heavy atom. The number of pyridine rings is 1. The van der Waals surface area contributed by atoms with Crippen LogP contribution in [0.15, 0.2) is 67.0 Å². The van der Waals surface area contributed by atoms with E-state index in [1.807, 2.05) is 42.5 Å². The molecule has 0 aliphatic rings. The molecular weight excluding hydrogens is 286 g/mol. The van der Waals surface area contributed by atoms with Crippen LogP contribution < -0.4 is 10.2 Å². The molecule has 5 nitrogen and oxygen atoms in total. The minimum absolute atomic E-state index is 0.634. The van der Waals surface area contributed by atoms with Crippen LogP contribution in [0, 0.1) is 0 Å². The lowest BCUT2D eigenvalue weighted by Gasteiger charge is -2.21. The van der Waals surface area contributed by atoms with Crippen molar-refractivity contribution in [3.63, 3.8) is 0 Å². The number of hydrogen-bond donors (Lipinski definition) is 1. The van der Waals surface area contributed by atoms with E-state index in [9.17, 15) is 0 Å². The van der Waals surface area contributed by atoms with E-state index < -0.39 is 0 Å². The smallest absolute Gasteiger partial charge is 0.231 e. The van der Waals surface area contributed by atoms with Crippen LogP contribution in [0.1, 0.15) is 12.6 Å². The van der Waals surface area contributed by atoms with Crippen LogP contribution in [0.3, 0.4) is 0 Å². The summed E-state index contributed by atoms with van der Waals surface area (Å²) in [5, 5.41) is 3.29. The first-order valence-electron chi connectivity index (χ1n) is 7.66. The van der Waals surface area contributed by atoms with Crippen molar-refractivity contribution in [3.05, 3.63) is 72.7 Å². The van der Waals surface area contributed by atoms with Gasteiger partial charge in [-0.25, -0.2) is 4.98 Å². The highest BCUT2D eigenvalue weighted by molar-refractivity contribution is 5.58. The fourth-order valence-corrected chi connectivity index (χ4v) is 2.31. The summed E-state index contributed by atoms with van der Waals surface area (Å²) in [6.07, 6.45) is 3.56. The average molecular weight is 305 g/mol. The second kappa shape index (κ2) is 7.35. The van der Waals surface area contributed by atoms with Gasteiger partial charge in [0.2, 0.25) is 5.95 Å². The standard InChI is InChI=1S/C18H19N5/c1-2-23(16-9-4-3-5-10-16)18-20-13-11-17(22-18)21-14-15-8-6-7-12-19-15/h3-13H,2,14H2,1H3,(H,20,21,22). The number of anilines is 3. The quantitative estimate of drug-likeness (QED) is 0.753. The van der Waals surface area contributed by atoms with Crippen LogP contribution in [0.4, 0.5) is 17.5 Å². The monoisotopic (exact) mass is 305 g/mol. The van der Waals surface area contributed by atoms with Crippen LogP contribution in [-0.2, 0) is 6.54 Å². The molecule has 0 spiro atoms. The fourth-order valence-electron chi connectivity index (χ4n) is 2.31. The van der Waals surface area contributed by atoms with E-state index in [1.54, 1.807) is 12.4 Å². The number of rotatable bonds is 6. The van der Waals surface area contributed by atoms with Crippen LogP contribution in [0.25, 0.3) is 0 Å². The van der Waals surface area contributed by atoms with Gasteiger partial charge >= 0.3 is 0 Å². The van der Waals surface area contributed by atoms with Crippen LogP contribution >= 0.6 is 0 Å². The van der Waals surface area contributed by atoms with Crippen molar-refractivity contribution in [2.45, 2.75) is 13.5 Å². The summed E-state index contributed by atoms with van der Waals surface area (Å²) in [7, 11) is 0. The Kier molecular flexibility index (Phi) is 4.79. The molecule has 1 aromatic carbocycles. The second-order valence-corrected chi connectivity index (χ2v) is 5.00. The van der Waals surface area contributed by atoms with E-state index in [1.165, 1.54) is 0 Å². The highest BCUT2D eigenvalue weighted by Crippen LogP contribution is 2.22. The van der Waals surface area contributed by atoms with E-state index >= 15 is 0 Å². The predicted molar refractivity (Wildman–Crippen MR) is 92.7 cm³/mol. The minimum atomic E-state index is 0.634. The maximum absolute atomic E-state index is 4.61. The van der Waals surface area contributed by atoms with E-state index in [4.69, 9.17) is 0 Å². The van der Waals surface area contributed by atoms with Crippen molar-refractivity contribution in [1.82, 2.24) is 15.0 Å². The first-order chi connectivity index (χ1) is 11.4. The Morgan fingerprint density at radius 3 is 2.48 bits per heavy atom. The molecule has 2 aromatic heterocycles. The Morgan fingerprint density at radius 2 is 1.74 bits per heavy atom. The average Bonchev–Trinajstić information content (AvgIpc) is 2.63. The lowest BCUT2D eigenvalue weighted by atomic mass is 10.3. The van der Waals surface area contributed by atoms with Crippen molar-refractivity contribution in [2.75, 3.05) is 16.8 Å². The first kappa shape index (κ1) is 15.0. The molecule has 3 rings (SSSR count). The molecule has 3 aromatic rings. The van der Waals surface area contributed by atoms with E-state index in [0.29, 0.717) is 12.5 Å². The molecular formula is C18H19N5. The highest BCUT2D eigenvalue weighted by Gasteiger charge is 2.10. The van der Waals surface area contributed by atoms with E-state index in [0.717, 1.165) is 23.7 Å². The van der Waals surface area contributed by atoms with Gasteiger partial charge in [-0.1, -0.05) is 24.3 Å². The second-order valence-electron chi connectivity index (χ2n) is 5.00. The summed E-state index contributed by atoms with van der Waals surface area (Å²) >= 11 is 0. The zero-order valence-electron chi connectivity index (χ0n) is 13.1. The van der Waals surface area contributed by atoms with Crippen LogP contribution in [0.5, 0.6) is 0 Å². The summed E-state index contributed by atoms with van der Waals surface area (Å²) in [5.74, 6) is 1.47. The summed E-state index contributed by atoms with van der Waals surface area (Å²) in [4.78, 5) is 15.4. The van der Waals surface area contributed by atoms with Gasteiger partial charge in [-0.05, 0) is 37.3 Å². The highest BCUT2D eigenvalue weighted by atomic mass is 15.3. The lowest BCUT2D eigenvalue weighted by molar-refractivity contribution is 0.939. The number of hydrogen-bond acceptors (Lipinski definition) is 5. The van der Waals surface area contributed by atoms with Gasteiger partial charge in [-0.3, -0.25) is 4.98 Å². The topological polar surface area (TPSA) is 53.9 Å². The molecule has 0 radical (unpaired) electrons. The van der Waals surface area contributed by atoms with Crippen molar-refractivity contribution in [2.24, 2.45) is 0 Å². The first-order valence-corrected chi connectivity index (χ1v) is 7.66. The summed E-state index contributed by atoms with van der Waals surface area (Å²) in [6.45, 7) is 3.52. The summed E-state index contributed by atoms with van der Waals surface area (Å²) in [6, 6.07) is 17.9. The third kappa shape index (κ3) is 3.83. The Labute approximate surface area is 136 Å². The predicted octanol–water partition coefficient (Wildman–Crippen LogP) is 3.64. The molecule has 0 fully saturated rings.